The quantitative estimate of drug-likeness (QED) is 0.0628. The first-order valence-electron chi connectivity index (χ1n) is 23.5. The van der Waals surface area contributed by atoms with E-state index in [1.807, 2.05) is 13.0 Å². The molecule has 28 heteroatoms. The smallest absolute Gasteiger partial charge is 0.414 e. The van der Waals surface area contributed by atoms with E-state index in [0.29, 0.717) is 57.0 Å². The Morgan fingerprint density at radius 3 is 1.54 bits per heavy atom. The van der Waals surface area contributed by atoms with Crippen LogP contribution in [0.3, 0.4) is 0 Å². The zero-order valence-corrected chi connectivity index (χ0v) is 46.6. The first kappa shape index (κ1) is 61.3. The van der Waals surface area contributed by atoms with Crippen molar-refractivity contribution in [3.05, 3.63) is 67.1 Å². The maximum absolute atomic E-state index is 13.9. The van der Waals surface area contributed by atoms with Crippen LogP contribution in [0.2, 0.25) is 0 Å². The third-order valence-electron chi connectivity index (χ3n) is 11.5. The first-order valence-corrected chi connectivity index (χ1v) is 30.0. The van der Waals surface area contributed by atoms with E-state index in [1.165, 1.54) is 31.5 Å². The maximum Gasteiger partial charge on any atom is 0.414 e. The molecule has 22 nitrogen and oxygen atoms in total. The number of sulfone groups is 2. The summed E-state index contributed by atoms with van der Waals surface area (Å²) in [7, 11) is -7.00. The summed E-state index contributed by atoms with van der Waals surface area (Å²) in [5.41, 5.74) is -0.128. The molecule has 0 aliphatic carbocycles. The second-order valence-electron chi connectivity index (χ2n) is 16.0. The molecule has 2 fully saturated rings. The molecule has 2 saturated heterocycles. The summed E-state index contributed by atoms with van der Waals surface area (Å²) < 4.78 is 76.3. The van der Waals surface area contributed by atoms with Gasteiger partial charge in [0.1, 0.15) is 5.82 Å². The molecule has 2 N–H and O–H groups in total. The number of fused-ring (bicyclic) bond motifs is 2. The number of hydrogen-bond acceptors (Lipinski definition) is 15. The molecule has 3 aromatic heterocycles. The fourth-order valence-electron chi connectivity index (χ4n) is 7.84. The molecule has 5 heterocycles. The molecule has 0 spiro atoms. The summed E-state index contributed by atoms with van der Waals surface area (Å²) in [6, 6.07) is 7.58. The highest BCUT2D eigenvalue weighted by atomic mass is 79.9. The number of carbonyl (C=O) groups is 2. The van der Waals surface area contributed by atoms with E-state index >= 15 is 0 Å². The van der Waals surface area contributed by atoms with Gasteiger partial charge in [0.05, 0.1) is 24.2 Å². The Balaban J connectivity index is 0.000000293. The number of hydrogen-bond donors (Lipinski definition) is 2. The number of aliphatic carboxylic acids is 2. The first-order chi connectivity index (χ1) is 33.7. The number of halogens is 3. The third-order valence-corrected chi connectivity index (χ3v) is 16.7. The maximum atomic E-state index is 13.9. The summed E-state index contributed by atoms with van der Waals surface area (Å²) >= 11 is 8.22. The van der Waals surface area contributed by atoms with Gasteiger partial charge in [-0.2, -0.15) is 0 Å². The molecule has 0 amide bonds. The van der Waals surface area contributed by atoms with Crippen molar-refractivity contribution in [2.75, 3.05) is 34.5 Å². The van der Waals surface area contributed by atoms with E-state index in [1.54, 1.807) is 53.9 Å². The van der Waals surface area contributed by atoms with Crippen molar-refractivity contribution in [2.45, 2.75) is 166 Å². The van der Waals surface area contributed by atoms with E-state index in [9.17, 15) is 35.6 Å². The molecular weight excluding hydrogens is 1120 g/mol. The normalized spacial score (nSPS) is 16.6. The van der Waals surface area contributed by atoms with Crippen molar-refractivity contribution >= 4 is 75.2 Å². The zero-order valence-electron chi connectivity index (χ0n) is 41.0. The monoisotopic (exact) mass is 1190 g/mol. The van der Waals surface area contributed by atoms with Gasteiger partial charge < -0.3 is 14.9 Å². The van der Waals surface area contributed by atoms with Crippen LogP contribution in [0.25, 0.3) is 0 Å². The highest BCUT2D eigenvalue weighted by molar-refractivity contribution is 9.09. The minimum atomic E-state index is -3.55. The Hall–Kier alpha value is -3.96. The number of thioether (sulfide) groups is 1. The van der Waals surface area contributed by atoms with Gasteiger partial charge in [-0.1, -0.05) is 82.6 Å². The second kappa shape index (κ2) is 29.7. The van der Waals surface area contributed by atoms with Crippen LogP contribution in [0.1, 0.15) is 92.1 Å². The SMILES string of the molecule is CCSc1nn(CCCBr)c(=O)n1CC.CCn1c(S(=O)(=O)CC)nn(CCCBr)c1=O.CCn1c(S(=O)(=O)CC)nn(CCCN2C3CCC2CC(OCc2ccccc2F)C3)c1=O.O=C(O)C(=O)O. The van der Waals surface area contributed by atoms with Crippen molar-refractivity contribution in [3.63, 3.8) is 0 Å². The van der Waals surface area contributed by atoms with Gasteiger partial charge in [0.25, 0.3) is 0 Å². The standard InChI is InChI=1S/C23H33FN4O4S.C9H16BrN3O3S.C9H16BrN3OS.C2H2O4/c1-3-26-22(33(30,31)4-2)25-28(23(26)29)13-7-12-27-18-10-11-19(27)15-20(14-18)32-16-17-8-5-6-9-21(17)24;1-3-12-8(17(15,16)4-2)11-13(9(12)14)7-5-6-10;1-3-12-8(15-4-2)11-13(9(12)14)7-5-6-10;3-1(4)2(5)6/h5-6,8-9,18-20H,3-4,7,10-16H2,1-2H3;3-7H2,1-2H3;3-7H2,1-2H3;(H,3,4)(H,5,6). The van der Waals surface area contributed by atoms with Crippen LogP contribution in [0.5, 0.6) is 0 Å². The van der Waals surface area contributed by atoms with Gasteiger partial charge in [-0.25, -0.2) is 59.2 Å². The van der Waals surface area contributed by atoms with Gasteiger partial charge in [0.15, 0.2) is 5.16 Å². The van der Waals surface area contributed by atoms with Crippen LogP contribution in [0.15, 0.2) is 54.1 Å². The Bertz CT molecular complexity index is 2730. The largest absolute Gasteiger partial charge is 0.473 e. The second-order valence-corrected chi connectivity index (χ2v) is 23.2. The van der Waals surface area contributed by atoms with Crippen molar-refractivity contribution in [2.24, 2.45) is 0 Å². The molecule has 2 bridgehead atoms. The Labute approximate surface area is 434 Å². The van der Waals surface area contributed by atoms with Crippen LogP contribution in [-0.4, -0.2) is 140 Å². The molecule has 2 atom stereocenters. The molecular formula is C43H67Br2FN10O12S3. The highest BCUT2D eigenvalue weighted by Gasteiger charge is 2.40. The summed E-state index contributed by atoms with van der Waals surface area (Å²) in [5, 5.41) is 29.4. The van der Waals surface area contributed by atoms with Crippen LogP contribution >= 0.6 is 43.6 Å². The lowest BCUT2D eigenvalue weighted by Gasteiger charge is -2.38. The minimum Gasteiger partial charge on any atom is -0.473 e. The van der Waals surface area contributed by atoms with Gasteiger partial charge in [0.2, 0.25) is 30.0 Å². The number of carboxylic acids is 2. The molecule has 400 valence electrons. The summed E-state index contributed by atoms with van der Waals surface area (Å²) in [6.45, 7) is 14.5. The van der Waals surface area contributed by atoms with E-state index < -0.39 is 31.6 Å². The topological polar surface area (TPSA) is 275 Å². The number of benzene rings is 1. The van der Waals surface area contributed by atoms with E-state index in [4.69, 9.17) is 24.5 Å². The van der Waals surface area contributed by atoms with Crippen molar-refractivity contribution in [1.82, 2.24) is 47.9 Å². The number of piperidine rings is 1. The summed E-state index contributed by atoms with van der Waals surface area (Å²) in [5.74, 6) is -3.07. The number of nitrogens with zero attached hydrogens (tertiary/aromatic N) is 10. The predicted molar refractivity (Wildman–Crippen MR) is 273 cm³/mol. The van der Waals surface area contributed by atoms with Gasteiger partial charge in [0, 0.05) is 74.1 Å². The Morgan fingerprint density at radius 2 is 1.13 bits per heavy atom. The van der Waals surface area contributed by atoms with Crippen LogP contribution in [-0.2, 0) is 79.9 Å². The average Bonchev–Trinajstić information content (AvgIpc) is 4.03. The summed E-state index contributed by atoms with van der Waals surface area (Å²) in [6.07, 6.45) is 6.59. The van der Waals surface area contributed by atoms with Gasteiger partial charge in [-0.05, 0) is 77.5 Å². The highest BCUT2D eigenvalue weighted by Crippen LogP contribution is 2.37. The van der Waals surface area contributed by atoms with Gasteiger partial charge in [-0.3, -0.25) is 18.6 Å². The minimum absolute atomic E-state index is 0.00870. The number of aromatic nitrogens is 9. The van der Waals surface area contributed by atoms with Crippen LogP contribution < -0.4 is 17.1 Å². The Kier molecular flexibility index (Phi) is 25.6. The molecule has 4 aromatic rings. The number of aryl methyl sites for hydroxylation is 3. The number of carboxylic acid groups (broad SMARTS) is 2. The number of ether oxygens (including phenoxy) is 1. The molecule has 71 heavy (non-hydrogen) atoms. The zero-order chi connectivity index (χ0) is 53.1. The Morgan fingerprint density at radius 1 is 0.690 bits per heavy atom. The fraction of sp³-hybridized carbons (Fsp3) is 0.674. The molecule has 0 radical (unpaired) electrons. The third kappa shape index (κ3) is 17.0. The molecule has 0 saturated carbocycles. The molecule has 1 aromatic carbocycles. The average molecular weight is 1190 g/mol. The predicted octanol–water partition coefficient (Wildman–Crippen LogP) is 4.36. The lowest BCUT2D eigenvalue weighted by atomic mass is 9.99. The van der Waals surface area contributed by atoms with Crippen molar-refractivity contribution < 1.29 is 45.8 Å². The van der Waals surface area contributed by atoms with Gasteiger partial charge >= 0.3 is 29.0 Å². The number of rotatable bonds is 22. The van der Waals surface area contributed by atoms with Gasteiger partial charge in [-0.15, -0.1) is 15.3 Å². The number of alkyl halides is 2. The molecule has 6 rings (SSSR count). The molecule has 2 unspecified atom stereocenters. The lowest BCUT2D eigenvalue weighted by molar-refractivity contribution is -0.159. The fourth-order valence-corrected chi connectivity index (χ4v) is 11.2. The van der Waals surface area contributed by atoms with Crippen molar-refractivity contribution in [3.8, 4) is 0 Å². The van der Waals surface area contributed by atoms with E-state index in [2.05, 4.69) is 59.0 Å². The molecule has 2 aliphatic heterocycles. The summed E-state index contributed by atoms with van der Waals surface area (Å²) in [4.78, 5) is 57.0. The van der Waals surface area contributed by atoms with Crippen LogP contribution in [0, 0.1) is 5.82 Å². The van der Waals surface area contributed by atoms with Crippen molar-refractivity contribution in [1.29, 1.82) is 0 Å². The lowest BCUT2D eigenvalue weighted by Crippen LogP contribution is -2.46. The van der Waals surface area contributed by atoms with E-state index in [-0.39, 0.29) is 57.4 Å². The van der Waals surface area contributed by atoms with E-state index in [0.717, 1.165) is 73.1 Å². The van der Waals surface area contributed by atoms with Crippen LogP contribution in [0.4, 0.5) is 4.39 Å². The molecule has 2 aliphatic rings.